The molecule has 0 radical (unpaired) electrons. The lowest BCUT2D eigenvalue weighted by molar-refractivity contribution is -0.317. The van der Waals surface area contributed by atoms with Crippen LogP contribution >= 0.6 is 0 Å². The van der Waals surface area contributed by atoms with E-state index in [0.29, 0.717) is 13.0 Å². The van der Waals surface area contributed by atoms with Crippen molar-refractivity contribution in [2.24, 2.45) is 46.4 Å². The summed E-state index contributed by atoms with van der Waals surface area (Å²) in [6.45, 7) is 28.8. The van der Waals surface area contributed by atoms with Crippen LogP contribution in [0.3, 0.4) is 0 Å². The minimum absolute atomic E-state index is 0.0224. The van der Waals surface area contributed by atoms with Gasteiger partial charge in [0, 0.05) is 105 Å². The van der Waals surface area contributed by atoms with Gasteiger partial charge in [0.2, 0.25) is 0 Å². The molecule has 11 N–H and O–H groups in total. The zero-order valence-electron chi connectivity index (χ0n) is 66.9. The molecule has 3 saturated heterocycles. The molecule has 0 aliphatic carbocycles. The number of anilines is 1. The number of Topliss-reactive ketones (excluding diaryl/α,β-unsaturated/α-hetero) is 1. The number of nitrogens with zero attached hydrogens (tertiary/aromatic N) is 3. The summed E-state index contributed by atoms with van der Waals surface area (Å²) in [5.41, 5.74) is -6.60. The molecule has 27 atom stereocenters. The number of carbonyl (C=O) groups excluding carboxylic acids is 5. The Hall–Kier alpha value is -6.62. The van der Waals surface area contributed by atoms with Gasteiger partial charge in [0.05, 0.1) is 78.0 Å². The fraction of sp³-hybridized carbons (Fsp3) is 0.718. The van der Waals surface area contributed by atoms with Crippen LogP contribution < -0.4 is 15.4 Å². The van der Waals surface area contributed by atoms with Crippen LogP contribution in [0.5, 0.6) is 23.0 Å². The number of allylic oxidation sites excluding steroid dienone is 2. The van der Waals surface area contributed by atoms with Gasteiger partial charge >= 0.3 is 23.8 Å². The lowest BCUT2D eigenvalue weighted by atomic mass is 9.77. The average Bonchev–Trinajstić information content (AvgIpc) is 1.50. The number of benzene rings is 2. The van der Waals surface area contributed by atoms with Crippen LogP contribution in [-0.4, -0.2) is 261 Å². The number of nitrogens with one attached hydrogen (secondary N) is 2. The van der Waals surface area contributed by atoms with Crippen LogP contribution in [0, 0.1) is 48.3 Å². The number of hydrogen-bond acceptors (Lipinski definition) is 28. The molecule has 30 nitrogen and oxygen atoms in total. The second-order valence-corrected chi connectivity index (χ2v) is 31.8. The summed E-state index contributed by atoms with van der Waals surface area (Å²) in [5.74, 6) is -13.4. The van der Waals surface area contributed by atoms with Crippen LogP contribution in [0.4, 0.5) is 16.2 Å². The first kappa shape index (κ1) is 88.6. The van der Waals surface area contributed by atoms with Crippen molar-refractivity contribution in [2.75, 3.05) is 53.8 Å². The number of carbonyl (C=O) groups is 5. The fourth-order valence-corrected chi connectivity index (χ4v) is 16.2. The molecule has 3 fully saturated rings. The van der Waals surface area contributed by atoms with E-state index in [2.05, 4.69) is 15.6 Å². The first-order valence-electron chi connectivity index (χ1n) is 37.4. The summed E-state index contributed by atoms with van der Waals surface area (Å²) in [6, 6.07) is -1.05. The largest absolute Gasteiger partial charge is 0.507 e. The maximum absolute atomic E-state index is 14.9. The van der Waals surface area contributed by atoms with Gasteiger partial charge < -0.3 is 118 Å². The topological polar surface area (TPSA) is 412 Å². The van der Waals surface area contributed by atoms with E-state index in [1.165, 1.54) is 67.1 Å². The molecule has 30 heteroatoms. The fourth-order valence-electron chi connectivity index (χ4n) is 16.2. The van der Waals surface area contributed by atoms with Gasteiger partial charge in [-0.15, -0.1) is 0 Å². The molecular formula is C78H121N5O25. The first-order chi connectivity index (χ1) is 50.2. The molecule has 0 aromatic heterocycles. The third-order valence-corrected chi connectivity index (χ3v) is 22.9. The van der Waals surface area contributed by atoms with Crippen molar-refractivity contribution in [3.63, 3.8) is 0 Å². The summed E-state index contributed by atoms with van der Waals surface area (Å²) >= 11 is 0. The molecule has 0 unspecified atom stereocenters. The van der Waals surface area contributed by atoms with Gasteiger partial charge in [0.25, 0.3) is 11.7 Å². The number of methoxy groups -OCH3 is 2. The zero-order chi connectivity index (χ0) is 81.1. The van der Waals surface area contributed by atoms with Gasteiger partial charge in [-0.2, -0.15) is 0 Å². The van der Waals surface area contributed by atoms with Crippen LogP contribution in [-0.2, 0) is 61.8 Å². The molecule has 6 heterocycles. The van der Waals surface area contributed by atoms with E-state index in [1.807, 2.05) is 37.7 Å². The van der Waals surface area contributed by atoms with Crippen LogP contribution in [0.25, 0.3) is 10.8 Å². The van der Waals surface area contributed by atoms with E-state index < -0.39 is 226 Å². The van der Waals surface area contributed by atoms with E-state index in [1.54, 1.807) is 89.3 Å². The Bertz CT molecular complexity index is 3640. The molecule has 6 aliphatic heterocycles. The lowest BCUT2D eigenvalue weighted by Gasteiger charge is -2.49. The predicted molar refractivity (Wildman–Crippen MR) is 398 cm³/mol. The third kappa shape index (κ3) is 18.9. The van der Waals surface area contributed by atoms with Crippen molar-refractivity contribution in [3.05, 3.63) is 47.3 Å². The van der Waals surface area contributed by atoms with E-state index in [4.69, 9.17) is 52.1 Å². The van der Waals surface area contributed by atoms with Gasteiger partial charge in [-0.25, -0.2) is 4.79 Å². The summed E-state index contributed by atoms with van der Waals surface area (Å²) in [6.07, 6.45) is -7.98. The van der Waals surface area contributed by atoms with Gasteiger partial charge in [-0.1, -0.05) is 66.7 Å². The molecule has 0 spiro atoms. The third-order valence-electron chi connectivity index (χ3n) is 22.9. The highest BCUT2D eigenvalue weighted by atomic mass is 16.7. The highest BCUT2D eigenvalue weighted by Crippen LogP contribution is 2.58. The Morgan fingerprint density at radius 1 is 0.806 bits per heavy atom. The summed E-state index contributed by atoms with van der Waals surface area (Å²) in [4.78, 5) is 78.8. The second kappa shape index (κ2) is 35.8. The summed E-state index contributed by atoms with van der Waals surface area (Å²) < 4.78 is 68.9. The molecule has 2 amide bonds. The molecule has 8 rings (SSSR count). The number of cyclic esters (lactones) is 1. The van der Waals surface area contributed by atoms with E-state index in [-0.39, 0.29) is 53.7 Å². The monoisotopic (exact) mass is 1530 g/mol. The summed E-state index contributed by atoms with van der Waals surface area (Å²) in [5, 5.41) is 113. The summed E-state index contributed by atoms with van der Waals surface area (Å²) in [7, 11) is 8.25. The molecule has 2 aromatic carbocycles. The second-order valence-electron chi connectivity index (χ2n) is 31.8. The number of likely N-dealkylation sites (N-methyl/N-ethyl adjacent to an activating group) is 2. The first-order valence-corrected chi connectivity index (χ1v) is 37.4. The van der Waals surface area contributed by atoms with Crippen molar-refractivity contribution in [1.82, 2.24) is 15.1 Å². The number of rotatable bonds is 13. The Morgan fingerprint density at radius 3 is 2.07 bits per heavy atom. The van der Waals surface area contributed by atoms with Crippen LogP contribution in [0.2, 0.25) is 0 Å². The average molecular weight is 1530 g/mol. The van der Waals surface area contributed by atoms with Gasteiger partial charge in [-0.05, 0) is 115 Å². The Morgan fingerprint density at radius 2 is 1.46 bits per heavy atom. The number of phenolic OH excluding ortho intramolecular Hbond substituents is 3. The zero-order valence-corrected chi connectivity index (χ0v) is 66.9. The molecular weight excluding hydrogens is 1410 g/mol. The molecule has 108 heavy (non-hydrogen) atoms. The number of ketones is 1. The number of phenols is 3. The number of fused-ring (bicyclic) bond motifs is 14. The quantitative estimate of drug-likeness (QED) is 0.0313. The van der Waals surface area contributed by atoms with Gasteiger partial charge in [0.15, 0.2) is 30.2 Å². The van der Waals surface area contributed by atoms with Crippen molar-refractivity contribution in [1.29, 1.82) is 0 Å². The number of amides is 2. The lowest BCUT2D eigenvalue weighted by Crippen LogP contribution is -2.61. The number of aliphatic hydroxyl groups is 6. The maximum atomic E-state index is 14.9. The highest BCUT2D eigenvalue weighted by molar-refractivity contribution is 6.23. The van der Waals surface area contributed by atoms with E-state index >= 15 is 0 Å². The van der Waals surface area contributed by atoms with Crippen LogP contribution in [0.15, 0.2) is 41.1 Å². The smallest absolute Gasteiger partial charge is 0.407 e. The molecule has 5 bridgehead atoms. The SMILES string of the molecule is CC[C@H]1OC(=O)[C@H](C)[C@@H](O[C@H]2C[C@@](C)(OC)[C@@H](OC(=O)NCC=Nc3c4c(O)c5c(O)c(C)c6c(c5c3O)C(=O)[C@@](C)(OC=C[C@H](OC)[C@@H](C)[C@@H](OC(C)=O)[C@H](C)[C@H](O)[C@H](C)[C@@H](O)[C@@H](C)C=CC=C(C)C(=O)N4)O6)[C@H](C)O2)[C@H](C)[C@@H](O[C@@H]2O[C@H](C)C[C@H](N(C)C)[C@H]2O)[C@](C)(O)C[C@@H](C)CN(C)[C@H](C)[C@@H](O)[C@]1(C)O. The van der Waals surface area contributed by atoms with Gasteiger partial charge in [0.1, 0.15) is 58.5 Å². The van der Waals surface area contributed by atoms with Gasteiger partial charge in [-0.3, -0.25) is 24.2 Å². The van der Waals surface area contributed by atoms with Crippen molar-refractivity contribution in [2.45, 2.75) is 271 Å². The number of aromatic hydroxyl groups is 3. The van der Waals surface area contributed by atoms with E-state index in [0.717, 1.165) is 12.5 Å². The normalized spacial score (nSPS) is 39.0. The number of alkyl carbamates (subject to hydrolysis) is 1. The molecule has 2 aromatic rings. The van der Waals surface area contributed by atoms with Crippen molar-refractivity contribution in [3.8, 4) is 23.0 Å². The number of ether oxygens (including phenoxy) is 11. The highest BCUT2D eigenvalue weighted by Gasteiger charge is 2.55. The van der Waals surface area contributed by atoms with Crippen LogP contribution in [0.1, 0.15) is 159 Å². The number of esters is 2. The van der Waals surface area contributed by atoms with Crippen molar-refractivity contribution < 1.29 is 122 Å². The Kier molecular flexibility index (Phi) is 29.4. The number of aliphatic imine (C=N–C) groups is 1. The number of aliphatic hydroxyl groups excluding tert-OH is 4. The molecule has 0 saturated carbocycles. The van der Waals surface area contributed by atoms with Crippen molar-refractivity contribution >= 4 is 58.1 Å². The number of hydrogen-bond donors (Lipinski definition) is 11. The Balaban J connectivity index is 1.21. The molecule has 608 valence electrons. The standard InChI is InChI=1S/C78H121N5O25/c1-24-51-77(17,97)67(91)46(12)83(21)35-36(2)33-75(15,96)69(106-73-61(88)49(82(19)20)32-39(5)101-73)44(10)65(45(11)72(94)104-51)105-52-34-76(16,99-23)70(47(13)102-52)107-74(95)80-30-29-79-56-57-63(90)54-53(62(56)89)55-66(43(9)60(54)87)108-78(18,68(55)92)100-31-28-50(98-22)40(6)64(103-48(14)84)42(8)59(86)41(7)58(85)37(3)26-25-27-38(4)71(93)81-57/h25-29,31,36-37,39-42,44-47,49-52,58-59,61,64-65,67,69-70,73,85-91,96-97H,24,30,32-35H2,1-23H3,(H,80,95)(H,81,93)/t36-,37+,39-,40-,41-,42-,44+,45-,46-,47+,49+,50+,51-,52+,58+,59-,61-,64-,65+,67-,69-,70+,73+,75-,76-,77-,78+/m1/s1. The predicted octanol–water partition coefficient (Wildman–Crippen LogP) is 7.10. The maximum Gasteiger partial charge on any atom is 0.407 e. The minimum Gasteiger partial charge on any atom is -0.507 e. The molecule has 6 aliphatic rings. The Labute approximate surface area is 634 Å². The minimum atomic E-state index is -2.22. The van der Waals surface area contributed by atoms with E-state index in [9.17, 15) is 69.9 Å².